The fourth-order valence-corrected chi connectivity index (χ4v) is 3.28. The second kappa shape index (κ2) is 7.63. The minimum Gasteiger partial charge on any atom is -0.497 e. The Bertz CT molecular complexity index is 924. The Balaban J connectivity index is 2.71. The van der Waals surface area contributed by atoms with Crippen molar-refractivity contribution in [2.24, 2.45) is 0 Å². The molecular formula is C19H17F2N3OS. The van der Waals surface area contributed by atoms with Gasteiger partial charge in [-0.25, -0.2) is 8.78 Å². The van der Waals surface area contributed by atoms with E-state index in [1.54, 1.807) is 36.4 Å². The molecule has 0 atom stereocenters. The van der Waals surface area contributed by atoms with Gasteiger partial charge in [-0.3, -0.25) is 0 Å². The molecular weight excluding hydrogens is 356 g/mol. The normalized spacial score (nSPS) is 10.8. The molecule has 2 aromatic rings. The second-order valence-corrected chi connectivity index (χ2v) is 8.21. The fraction of sp³-hybridized carbons (Fsp3) is 0.263. The van der Waals surface area contributed by atoms with Crippen molar-refractivity contribution in [3.8, 4) is 17.9 Å². The van der Waals surface area contributed by atoms with Crippen molar-refractivity contribution in [1.82, 2.24) is 0 Å². The van der Waals surface area contributed by atoms with Gasteiger partial charge in [0, 0.05) is 16.5 Å². The average Bonchev–Trinajstić information content (AvgIpc) is 2.59. The zero-order valence-electron chi connectivity index (χ0n) is 14.8. The molecule has 0 aromatic heterocycles. The molecule has 26 heavy (non-hydrogen) atoms. The summed E-state index contributed by atoms with van der Waals surface area (Å²) >= 11 is 1.08. The number of methoxy groups -OCH3 is 1. The van der Waals surface area contributed by atoms with Crippen molar-refractivity contribution in [3.05, 3.63) is 47.0 Å². The van der Waals surface area contributed by atoms with E-state index in [1.807, 2.05) is 20.8 Å². The molecule has 0 heterocycles. The highest BCUT2D eigenvalue weighted by Crippen LogP contribution is 2.43. The number of anilines is 2. The SMILES string of the molecule is COc1cccc(Nc2c(F)c(C#N)c(C#N)c(F)c2SC(C)(C)C)c1. The van der Waals surface area contributed by atoms with Crippen LogP contribution < -0.4 is 10.1 Å². The Morgan fingerprint density at radius 2 is 1.69 bits per heavy atom. The number of thioether (sulfide) groups is 1. The molecule has 0 spiro atoms. The molecule has 0 fully saturated rings. The monoisotopic (exact) mass is 373 g/mol. The van der Waals surface area contributed by atoms with Crippen molar-refractivity contribution in [2.75, 3.05) is 12.4 Å². The third-order valence-corrected chi connectivity index (χ3v) is 4.51. The first kappa shape index (κ1) is 19.6. The largest absolute Gasteiger partial charge is 0.497 e. The maximum atomic E-state index is 15.0. The van der Waals surface area contributed by atoms with E-state index in [4.69, 9.17) is 4.74 Å². The summed E-state index contributed by atoms with van der Waals surface area (Å²) in [5, 5.41) is 21.2. The van der Waals surface area contributed by atoms with Crippen LogP contribution in [-0.2, 0) is 0 Å². The zero-order valence-corrected chi connectivity index (χ0v) is 15.6. The molecule has 7 heteroatoms. The molecule has 0 aliphatic carbocycles. The second-order valence-electron chi connectivity index (χ2n) is 6.38. The van der Waals surface area contributed by atoms with Gasteiger partial charge in [0.1, 0.15) is 29.0 Å². The molecule has 0 saturated carbocycles. The van der Waals surface area contributed by atoms with Gasteiger partial charge in [0.2, 0.25) is 0 Å². The van der Waals surface area contributed by atoms with Crippen LogP contribution in [0.1, 0.15) is 31.9 Å². The summed E-state index contributed by atoms with van der Waals surface area (Å²) in [6, 6.07) is 9.87. The van der Waals surface area contributed by atoms with E-state index in [0.717, 1.165) is 11.8 Å². The Kier molecular flexibility index (Phi) is 5.74. The molecule has 0 aliphatic rings. The predicted molar refractivity (Wildman–Crippen MR) is 97.7 cm³/mol. The van der Waals surface area contributed by atoms with Crippen LogP contribution in [0.4, 0.5) is 20.2 Å². The van der Waals surface area contributed by atoms with Gasteiger partial charge in [0.25, 0.3) is 0 Å². The molecule has 0 saturated heterocycles. The van der Waals surface area contributed by atoms with Gasteiger partial charge in [-0.15, -0.1) is 11.8 Å². The highest BCUT2D eigenvalue weighted by molar-refractivity contribution is 8.00. The first-order valence-corrected chi connectivity index (χ1v) is 8.48. The van der Waals surface area contributed by atoms with Gasteiger partial charge in [-0.2, -0.15) is 10.5 Å². The summed E-state index contributed by atoms with van der Waals surface area (Å²) in [6.07, 6.45) is 0. The lowest BCUT2D eigenvalue weighted by atomic mass is 10.1. The third kappa shape index (κ3) is 4.07. The lowest BCUT2D eigenvalue weighted by Crippen LogP contribution is -2.11. The molecule has 0 bridgehead atoms. The maximum absolute atomic E-state index is 15.0. The number of nitriles is 2. The zero-order chi connectivity index (χ0) is 19.5. The highest BCUT2D eigenvalue weighted by Gasteiger charge is 2.28. The van der Waals surface area contributed by atoms with E-state index in [2.05, 4.69) is 5.32 Å². The minimum atomic E-state index is -0.958. The topological polar surface area (TPSA) is 68.8 Å². The standard InChI is InChI=1S/C19H17F2N3OS/c1-19(2,3)26-18-16(21)14(10-23)13(9-22)15(20)17(18)24-11-6-5-7-12(8-11)25-4/h5-8,24H,1-4H3. The van der Waals surface area contributed by atoms with E-state index >= 15 is 0 Å². The number of benzene rings is 2. The van der Waals surface area contributed by atoms with E-state index in [9.17, 15) is 19.3 Å². The van der Waals surface area contributed by atoms with Crippen LogP contribution >= 0.6 is 11.8 Å². The van der Waals surface area contributed by atoms with Crippen LogP contribution in [0.25, 0.3) is 0 Å². The summed E-state index contributed by atoms with van der Waals surface area (Å²) in [5.41, 5.74) is -0.917. The molecule has 4 nitrogen and oxygen atoms in total. The fourth-order valence-electron chi connectivity index (χ4n) is 2.24. The van der Waals surface area contributed by atoms with Crippen LogP contribution in [-0.4, -0.2) is 11.9 Å². The Morgan fingerprint density at radius 1 is 1.08 bits per heavy atom. The number of nitrogens with one attached hydrogen (secondary N) is 1. The Morgan fingerprint density at radius 3 is 2.23 bits per heavy atom. The van der Waals surface area contributed by atoms with Gasteiger partial charge in [-0.1, -0.05) is 26.8 Å². The van der Waals surface area contributed by atoms with Crippen LogP contribution in [0, 0.1) is 34.3 Å². The number of halogens is 2. The summed E-state index contributed by atoms with van der Waals surface area (Å²) in [4.78, 5) is -0.0478. The summed E-state index contributed by atoms with van der Waals surface area (Å²) in [7, 11) is 1.50. The molecule has 0 amide bonds. The molecule has 0 unspecified atom stereocenters. The number of hydrogen-bond donors (Lipinski definition) is 1. The quantitative estimate of drug-likeness (QED) is 0.732. The number of hydrogen-bond acceptors (Lipinski definition) is 5. The third-order valence-electron chi connectivity index (χ3n) is 3.31. The molecule has 0 radical (unpaired) electrons. The van der Waals surface area contributed by atoms with Gasteiger partial charge in [0.15, 0.2) is 11.6 Å². The van der Waals surface area contributed by atoms with Crippen molar-refractivity contribution < 1.29 is 13.5 Å². The number of ether oxygens (including phenoxy) is 1. The van der Waals surface area contributed by atoms with E-state index in [1.165, 1.54) is 7.11 Å². The van der Waals surface area contributed by atoms with Crippen LogP contribution in [0.2, 0.25) is 0 Å². The van der Waals surface area contributed by atoms with E-state index in [-0.39, 0.29) is 10.6 Å². The lowest BCUT2D eigenvalue weighted by molar-refractivity contribution is 0.415. The molecule has 0 aliphatic heterocycles. The van der Waals surface area contributed by atoms with Gasteiger partial charge in [0.05, 0.1) is 17.7 Å². The Hall–Kier alpha value is -2.77. The van der Waals surface area contributed by atoms with Crippen LogP contribution in [0.15, 0.2) is 29.2 Å². The maximum Gasteiger partial charge on any atom is 0.167 e. The van der Waals surface area contributed by atoms with Crippen molar-refractivity contribution in [1.29, 1.82) is 10.5 Å². The number of nitrogens with zero attached hydrogens (tertiary/aromatic N) is 2. The highest BCUT2D eigenvalue weighted by atomic mass is 32.2. The molecule has 2 aromatic carbocycles. The van der Waals surface area contributed by atoms with Gasteiger partial charge < -0.3 is 10.1 Å². The Labute approximate surface area is 155 Å². The van der Waals surface area contributed by atoms with Crippen LogP contribution in [0.5, 0.6) is 5.75 Å². The van der Waals surface area contributed by atoms with Crippen LogP contribution in [0.3, 0.4) is 0 Å². The summed E-state index contributed by atoms with van der Waals surface area (Å²) in [6.45, 7) is 5.53. The van der Waals surface area contributed by atoms with Crippen molar-refractivity contribution in [3.63, 3.8) is 0 Å². The smallest absolute Gasteiger partial charge is 0.167 e. The van der Waals surface area contributed by atoms with Crippen molar-refractivity contribution in [2.45, 2.75) is 30.4 Å². The average molecular weight is 373 g/mol. The molecule has 134 valence electrons. The van der Waals surface area contributed by atoms with Gasteiger partial charge >= 0.3 is 0 Å². The lowest BCUT2D eigenvalue weighted by Gasteiger charge is -2.22. The molecule has 2 rings (SSSR count). The molecule has 1 N–H and O–H groups in total. The van der Waals surface area contributed by atoms with E-state index in [0.29, 0.717) is 11.4 Å². The predicted octanol–water partition coefficient (Wildman–Crippen LogP) is 5.35. The minimum absolute atomic E-state index is 0.0478. The summed E-state index contributed by atoms with van der Waals surface area (Å²) in [5.74, 6) is -1.33. The van der Waals surface area contributed by atoms with Crippen molar-refractivity contribution >= 4 is 23.1 Å². The van der Waals surface area contributed by atoms with Gasteiger partial charge in [-0.05, 0) is 12.1 Å². The van der Waals surface area contributed by atoms with E-state index < -0.39 is 27.5 Å². The summed E-state index contributed by atoms with van der Waals surface area (Å²) < 4.78 is 34.6. The first-order chi connectivity index (χ1) is 12.2. The number of rotatable bonds is 4. The first-order valence-electron chi connectivity index (χ1n) is 7.67.